The molecule has 2 aliphatic heterocycles. The second kappa shape index (κ2) is 8.81. The summed E-state index contributed by atoms with van der Waals surface area (Å²) in [5.41, 5.74) is 1.26. The Balaban J connectivity index is 1.63. The Morgan fingerprint density at radius 2 is 2.00 bits per heavy atom. The van der Waals surface area contributed by atoms with Crippen LogP contribution in [0.25, 0.3) is 0 Å². The first-order chi connectivity index (χ1) is 11.4. The summed E-state index contributed by atoms with van der Waals surface area (Å²) in [5.74, 6) is 4.26. The lowest BCUT2D eigenvalue weighted by Crippen LogP contribution is -2.44. The number of para-hydroxylation sites is 1. The molecule has 0 saturated carbocycles. The summed E-state index contributed by atoms with van der Waals surface area (Å²) in [5, 5.41) is 3.40. The van der Waals surface area contributed by atoms with Crippen molar-refractivity contribution in [1.29, 1.82) is 0 Å². The Kier molecular flexibility index (Phi) is 6.48. The molecule has 1 N–H and O–H groups in total. The van der Waals surface area contributed by atoms with Gasteiger partial charge < -0.3 is 19.7 Å². The Hall–Kier alpha value is -0.910. The molecule has 2 heterocycles. The molecule has 1 aromatic rings. The minimum atomic E-state index is 0.341. The second-order valence-electron chi connectivity index (χ2n) is 6.22. The number of piperazine rings is 1. The molecule has 23 heavy (non-hydrogen) atoms. The summed E-state index contributed by atoms with van der Waals surface area (Å²) in [6, 6.07) is 6.32. The fraction of sp³-hybridized carbons (Fsp3) is 0.667. The molecule has 0 spiro atoms. The van der Waals surface area contributed by atoms with Crippen LogP contribution in [0.2, 0.25) is 0 Å². The number of thioether (sulfide) groups is 1. The highest BCUT2D eigenvalue weighted by Gasteiger charge is 2.19. The minimum Gasteiger partial charge on any atom is -0.493 e. The molecule has 2 fully saturated rings. The van der Waals surface area contributed by atoms with Crippen LogP contribution in [0.1, 0.15) is 18.4 Å². The van der Waals surface area contributed by atoms with Crippen LogP contribution < -0.4 is 14.8 Å². The van der Waals surface area contributed by atoms with E-state index in [0.29, 0.717) is 6.10 Å². The topological polar surface area (TPSA) is 33.7 Å². The maximum Gasteiger partial charge on any atom is 0.163 e. The number of nitrogens with zero attached hydrogens (tertiary/aromatic N) is 1. The molecule has 1 aromatic carbocycles. The average Bonchev–Trinajstić information content (AvgIpc) is 2.62. The summed E-state index contributed by atoms with van der Waals surface area (Å²) in [7, 11) is 1.76. The van der Waals surface area contributed by atoms with Crippen LogP contribution in [-0.4, -0.2) is 62.3 Å². The molecule has 4 nitrogen and oxygen atoms in total. The molecule has 0 amide bonds. The van der Waals surface area contributed by atoms with Crippen LogP contribution in [0, 0.1) is 0 Å². The average molecular weight is 337 g/mol. The minimum absolute atomic E-state index is 0.341. The highest BCUT2D eigenvalue weighted by atomic mass is 32.2. The van der Waals surface area contributed by atoms with E-state index in [2.05, 4.69) is 28.4 Å². The molecule has 5 heteroatoms. The predicted octanol–water partition coefficient (Wildman–Crippen LogP) is 2.42. The van der Waals surface area contributed by atoms with Crippen LogP contribution in [0.15, 0.2) is 18.2 Å². The van der Waals surface area contributed by atoms with Gasteiger partial charge >= 0.3 is 0 Å². The molecule has 0 aromatic heterocycles. The molecule has 3 rings (SSSR count). The van der Waals surface area contributed by atoms with Crippen molar-refractivity contribution in [2.45, 2.75) is 25.4 Å². The van der Waals surface area contributed by atoms with E-state index in [1.54, 1.807) is 7.11 Å². The fourth-order valence-corrected chi connectivity index (χ4v) is 4.33. The van der Waals surface area contributed by atoms with E-state index in [9.17, 15) is 0 Å². The van der Waals surface area contributed by atoms with Crippen molar-refractivity contribution in [3.05, 3.63) is 23.8 Å². The van der Waals surface area contributed by atoms with Crippen LogP contribution >= 0.6 is 11.8 Å². The maximum atomic E-state index is 6.25. The third-order valence-corrected chi connectivity index (χ3v) is 5.68. The van der Waals surface area contributed by atoms with E-state index >= 15 is 0 Å². The standard InChI is InChI=1S/C18H28N2O2S/c1-21-18-15(5-10-20-11-8-19-9-12-20)3-2-4-17(18)22-16-6-13-23-14-7-16/h2-4,16,19H,5-14H2,1H3. The third-order valence-electron chi connectivity index (χ3n) is 4.63. The van der Waals surface area contributed by atoms with Gasteiger partial charge in [0.05, 0.1) is 7.11 Å². The largest absolute Gasteiger partial charge is 0.493 e. The first kappa shape index (κ1) is 16.9. The number of benzene rings is 1. The summed E-state index contributed by atoms with van der Waals surface area (Å²) in [4.78, 5) is 2.52. The quantitative estimate of drug-likeness (QED) is 0.863. The van der Waals surface area contributed by atoms with Gasteiger partial charge in [-0.15, -0.1) is 0 Å². The lowest BCUT2D eigenvalue weighted by atomic mass is 10.1. The van der Waals surface area contributed by atoms with Gasteiger partial charge in [0.25, 0.3) is 0 Å². The van der Waals surface area contributed by atoms with Gasteiger partial charge in [0.1, 0.15) is 6.10 Å². The second-order valence-corrected chi connectivity index (χ2v) is 7.44. The summed E-state index contributed by atoms with van der Waals surface area (Å²) < 4.78 is 11.9. The van der Waals surface area contributed by atoms with E-state index in [1.165, 1.54) is 17.1 Å². The molecule has 0 radical (unpaired) electrons. The number of nitrogens with one attached hydrogen (secondary N) is 1. The first-order valence-corrected chi connectivity index (χ1v) is 9.85. The summed E-state index contributed by atoms with van der Waals surface area (Å²) >= 11 is 2.02. The van der Waals surface area contributed by atoms with Gasteiger partial charge in [-0.05, 0) is 42.4 Å². The molecule has 0 bridgehead atoms. The Bertz CT molecular complexity index is 486. The van der Waals surface area contributed by atoms with Gasteiger partial charge in [-0.1, -0.05) is 12.1 Å². The molecule has 2 aliphatic rings. The van der Waals surface area contributed by atoms with Gasteiger partial charge in [0.2, 0.25) is 0 Å². The molecular formula is C18H28N2O2S. The van der Waals surface area contributed by atoms with Crippen molar-refractivity contribution in [2.24, 2.45) is 0 Å². The molecule has 128 valence electrons. The van der Waals surface area contributed by atoms with E-state index in [-0.39, 0.29) is 0 Å². The molecule has 0 atom stereocenters. The first-order valence-electron chi connectivity index (χ1n) is 8.70. The van der Waals surface area contributed by atoms with Crippen LogP contribution in [0.4, 0.5) is 0 Å². The van der Waals surface area contributed by atoms with Gasteiger partial charge in [0, 0.05) is 32.7 Å². The van der Waals surface area contributed by atoms with Crippen molar-refractivity contribution in [3.8, 4) is 11.5 Å². The zero-order valence-electron chi connectivity index (χ0n) is 14.1. The van der Waals surface area contributed by atoms with Crippen LogP contribution in [0.3, 0.4) is 0 Å². The number of rotatable bonds is 6. The molecule has 0 unspecified atom stereocenters. The monoisotopic (exact) mass is 336 g/mol. The van der Waals surface area contributed by atoms with E-state index in [4.69, 9.17) is 9.47 Å². The van der Waals surface area contributed by atoms with Crippen molar-refractivity contribution in [3.63, 3.8) is 0 Å². The van der Waals surface area contributed by atoms with Crippen LogP contribution in [-0.2, 0) is 6.42 Å². The summed E-state index contributed by atoms with van der Waals surface area (Å²) in [6.07, 6.45) is 3.63. The van der Waals surface area contributed by atoms with Crippen molar-refractivity contribution in [2.75, 3.05) is 51.3 Å². The number of hydrogen-bond acceptors (Lipinski definition) is 5. The SMILES string of the molecule is COc1c(CCN2CCNCC2)cccc1OC1CCSCC1. The third kappa shape index (κ3) is 4.78. The van der Waals surface area contributed by atoms with E-state index < -0.39 is 0 Å². The Morgan fingerprint density at radius 3 is 2.74 bits per heavy atom. The zero-order valence-corrected chi connectivity index (χ0v) is 14.9. The number of ether oxygens (including phenoxy) is 2. The van der Waals surface area contributed by atoms with Crippen molar-refractivity contribution < 1.29 is 9.47 Å². The van der Waals surface area contributed by atoms with Gasteiger partial charge in [-0.25, -0.2) is 0 Å². The number of methoxy groups -OCH3 is 1. The van der Waals surface area contributed by atoms with Crippen LogP contribution in [0.5, 0.6) is 11.5 Å². The lowest BCUT2D eigenvalue weighted by molar-refractivity contribution is 0.184. The molecule has 0 aliphatic carbocycles. The Labute approximate surface area is 143 Å². The predicted molar refractivity (Wildman–Crippen MR) is 97.0 cm³/mol. The van der Waals surface area contributed by atoms with E-state index in [0.717, 1.165) is 63.5 Å². The maximum absolute atomic E-state index is 6.25. The molecule has 2 saturated heterocycles. The normalized spacial score (nSPS) is 20.4. The smallest absolute Gasteiger partial charge is 0.163 e. The highest BCUT2D eigenvalue weighted by Crippen LogP contribution is 2.34. The van der Waals surface area contributed by atoms with Crippen molar-refractivity contribution in [1.82, 2.24) is 10.2 Å². The van der Waals surface area contributed by atoms with Crippen molar-refractivity contribution >= 4 is 11.8 Å². The molecular weight excluding hydrogens is 308 g/mol. The zero-order chi connectivity index (χ0) is 15.9. The number of hydrogen-bond donors (Lipinski definition) is 1. The van der Waals surface area contributed by atoms with E-state index in [1.807, 2.05) is 11.8 Å². The fourth-order valence-electron chi connectivity index (χ4n) is 3.27. The lowest BCUT2D eigenvalue weighted by Gasteiger charge is -2.28. The van der Waals surface area contributed by atoms with Gasteiger partial charge in [-0.2, -0.15) is 11.8 Å². The van der Waals surface area contributed by atoms with Gasteiger partial charge in [-0.3, -0.25) is 0 Å². The highest BCUT2D eigenvalue weighted by molar-refractivity contribution is 7.99. The summed E-state index contributed by atoms with van der Waals surface area (Å²) in [6.45, 7) is 5.55. The Morgan fingerprint density at radius 1 is 1.22 bits per heavy atom. The van der Waals surface area contributed by atoms with Gasteiger partial charge in [0.15, 0.2) is 11.5 Å².